The van der Waals surface area contributed by atoms with Gasteiger partial charge in [0, 0.05) is 12.1 Å². The zero-order valence-corrected chi connectivity index (χ0v) is 15.2. The van der Waals surface area contributed by atoms with Crippen LogP contribution in [-0.4, -0.2) is 25.8 Å². The fraction of sp³-hybridized carbons (Fsp3) is 0.167. The van der Waals surface area contributed by atoms with Crippen molar-refractivity contribution in [3.8, 4) is 5.69 Å². The van der Waals surface area contributed by atoms with Crippen molar-refractivity contribution in [1.29, 1.82) is 0 Å². The van der Waals surface area contributed by atoms with Gasteiger partial charge in [-0.1, -0.05) is 17.3 Å². The third kappa shape index (κ3) is 4.26. The maximum Gasteiger partial charge on any atom is 0.435 e. The van der Waals surface area contributed by atoms with Crippen molar-refractivity contribution in [2.45, 2.75) is 19.1 Å². The molecule has 30 heavy (non-hydrogen) atoms. The molecule has 2 aromatic carbocycles. The van der Waals surface area contributed by atoms with Crippen LogP contribution >= 0.6 is 0 Å². The van der Waals surface area contributed by atoms with E-state index in [1.54, 1.807) is 0 Å². The molecule has 0 aliphatic heterocycles. The van der Waals surface area contributed by atoms with E-state index in [1.165, 1.54) is 31.2 Å². The van der Waals surface area contributed by atoms with Gasteiger partial charge in [-0.15, -0.1) is 5.10 Å². The second-order valence-electron chi connectivity index (χ2n) is 6.22. The molecule has 0 saturated carbocycles. The first-order chi connectivity index (χ1) is 14.1. The number of nitrogens with zero attached hydrogens (tertiary/aromatic N) is 4. The van der Waals surface area contributed by atoms with Gasteiger partial charge >= 0.3 is 6.18 Å². The topological polar surface area (TPSA) is 103 Å². The largest absolute Gasteiger partial charge is 0.435 e. The number of nitro benzene ring substituents is 1. The quantitative estimate of drug-likeness (QED) is 0.382. The number of non-ortho nitro benzene ring substituents is 1. The summed E-state index contributed by atoms with van der Waals surface area (Å²) in [7, 11) is 0. The number of halogens is 4. The highest BCUT2D eigenvalue weighted by Crippen LogP contribution is 2.33. The molecule has 0 saturated heterocycles. The summed E-state index contributed by atoms with van der Waals surface area (Å²) >= 11 is 0. The van der Waals surface area contributed by atoms with Crippen LogP contribution in [-0.2, 0) is 6.18 Å². The monoisotopic (exact) mass is 423 g/mol. The Labute approximate surface area is 166 Å². The van der Waals surface area contributed by atoms with Gasteiger partial charge in [-0.25, -0.2) is 9.07 Å². The Morgan fingerprint density at radius 1 is 1.20 bits per heavy atom. The minimum atomic E-state index is -4.99. The normalized spacial score (nSPS) is 12.4. The van der Waals surface area contributed by atoms with Crippen molar-refractivity contribution in [2.75, 3.05) is 0 Å². The summed E-state index contributed by atoms with van der Waals surface area (Å²) in [5.41, 5.74) is -2.46. The van der Waals surface area contributed by atoms with Gasteiger partial charge in [-0.05, 0) is 36.8 Å². The Bertz CT molecular complexity index is 1100. The van der Waals surface area contributed by atoms with E-state index < -0.39 is 40.3 Å². The van der Waals surface area contributed by atoms with E-state index in [0.717, 1.165) is 24.3 Å². The lowest BCUT2D eigenvalue weighted by Crippen LogP contribution is -2.29. The molecule has 3 aromatic rings. The second kappa shape index (κ2) is 7.89. The van der Waals surface area contributed by atoms with Crippen LogP contribution in [0.5, 0.6) is 0 Å². The molecule has 0 aliphatic carbocycles. The van der Waals surface area contributed by atoms with Gasteiger partial charge in [0.05, 0.1) is 16.7 Å². The summed E-state index contributed by atoms with van der Waals surface area (Å²) in [4.78, 5) is 22.7. The molecule has 0 fully saturated rings. The standard InChI is InChI=1S/C18H13F4N5O3/c1-10(11-3-2-4-14(9-11)27(29)30)23-17(28)15-16(18(20,21)22)26(25-24-15)13-7-5-12(19)6-8-13/h2-10H,1H3,(H,23,28). The first-order valence-corrected chi connectivity index (χ1v) is 8.42. The molecule has 1 N–H and O–H groups in total. The number of aromatic nitrogens is 3. The van der Waals surface area contributed by atoms with Gasteiger partial charge in [0.2, 0.25) is 0 Å². The van der Waals surface area contributed by atoms with Crippen molar-refractivity contribution >= 4 is 11.6 Å². The molecule has 1 heterocycles. The number of nitrogens with one attached hydrogen (secondary N) is 1. The van der Waals surface area contributed by atoms with Crippen LogP contribution in [0.2, 0.25) is 0 Å². The summed E-state index contributed by atoms with van der Waals surface area (Å²) in [5.74, 6) is -1.83. The van der Waals surface area contributed by atoms with Crippen LogP contribution < -0.4 is 5.32 Å². The molecule has 1 aromatic heterocycles. The summed E-state index contributed by atoms with van der Waals surface area (Å²) in [6.07, 6.45) is -4.99. The van der Waals surface area contributed by atoms with E-state index in [4.69, 9.17) is 0 Å². The van der Waals surface area contributed by atoms with Gasteiger partial charge in [0.15, 0.2) is 11.4 Å². The Balaban J connectivity index is 1.93. The van der Waals surface area contributed by atoms with Crippen molar-refractivity contribution < 1.29 is 27.3 Å². The molecule has 8 nitrogen and oxygen atoms in total. The first-order valence-electron chi connectivity index (χ1n) is 8.42. The third-order valence-electron chi connectivity index (χ3n) is 4.15. The molecule has 0 radical (unpaired) electrons. The second-order valence-corrected chi connectivity index (χ2v) is 6.22. The zero-order chi connectivity index (χ0) is 22.1. The zero-order valence-electron chi connectivity index (χ0n) is 15.2. The van der Waals surface area contributed by atoms with Gasteiger partial charge in [0.25, 0.3) is 11.6 Å². The van der Waals surface area contributed by atoms with E-state index in [0.29, 0.717) is 10.2 Å². The predicted molar refractivity (Wildman–Crippen MR) is 95.3 cm³/mol. The molecular weight excluding hydrogens is 410 g/mol. The molecule has 0 aliphatic rings. The van der Waals surface area contributed by atoms with Gasteiger partial charge in [-0.3, -0.25) is 14.9 Å². The van der Waals surface area contributed by atoms with Gasteiger partial charge < -0.3 is 5.32 Å². The summed E-state index contributed by atoms with van der Waals surface area (Å²) in [5, 5.41) is 20.0. The molecule has 0 bridgehead atoms. The highest BCUT2D eigenvalue weighted by molar-refractivity contribution is 5.93. The lowest BCUT2D eigenvalue weighted by Gasteiger charge is -2.15. The number of benzene rings is 2. The highest BCUT2D eigenvalue weighted by Gasteiger charge is 2.42. The number of nitro groups is 1. The van der Waals surface area contributed by atoms with Crippen LogP contribution in [0.1, 0.15) is 34.7 Å². The van der Waals surface area contributed by atoms with Crippen molar-refractivity contribution in [2.24, 2.45) is 0 Å². The SMILES string of the molecule is CC(NC(=O)c1nnn(-c2ccc(F)cc2)c1C(F)(F)F)c1cccc([N+](=O)[O-])c1. The average molecular weight is 423 g/mol. The number of amides is 1. The van der Waals surface area contributed by atoms with Crippen molar-refractivity contribution in [3.63, 3.8) is 0 Å². The number of hydrogen-bond donors (Lipinski definition) is 1. The minimum Gasteiger partial charge on any atom is -0.344 e. The molecule has 12 heteroatoms. The highest BCUT2D eigenvalue weighted by atomic mass is 19.4. The fourth-order valence-corrected chi connectivity index (χ4v) is 2.71. The number of carbonyl (C=O) groups excluding carboxylic acids is 1. The number of rotatable bonds is 5. The smallest absolute Gasteiger partial charge is 0.344 e. The van der Waals surface area contributed by atoms with E-state index in [-0.39, 0.29) is 11.4 Å². The van der Waals surface area contributed by atoms with E-state index in [9.17, 15) is 32.5 Å². The Hall–Kier alpha value is -3.83. The first kappa shape index (κ1) is 20.9. The summed E-state index contributed by atoms with van der Waals surface area (Å²) in [6.45, 7) is 1.45. The molecule has 1 atom stereocenters. The predicted octanol–water partition coefficient (Wildman–Crippen LogP) is 3.82. The number of hydrogen-bond acceptors (Lipinski definition) is 5. The van der Waals surface area contributed by atoms with Crippen molar-refractivity contribution in [1.82, 2.24) is 20.3 Å². The lowest BCUT2D eigenvalue weighted by molar-refractivity contribution is -0.384. The maximum absolute atomic E-state index is 13.6. The average Bonchev–Trinajstić information content (AvgIpc) is 3.14. The fourth-order valence-electron chi connectivity index (χ4n) is 2.71. The molecule has 0 spiro atoms. The van der Waals surface area contributed by atoms with Crippen LogP contribution in [0.25, 0.3) is 5.69 Å². The van der Waals surface area contributed by atoms with E-state index >= 15 is 0 Å². The molecular formula is C18H13F4N5O3. The molecule has 1 unspecified atom stereocenters. The molecule has 156 valence electrons. The molecule has 3 rings (SSSR count). The van der Waals surface area contributed by atoms with E-state index in [1.807, 2.05) is 0 Å². The Morgan fingerprint density at radius 2 is 1.87 bits per heavy atom. The van der Waals surface area contributed by atoms with Gasteiger partial charge in [0.1, 0.15) is 5.82 Å². The summed E-state index contributed by atoms with van der Waals surface area (Å²) < 4.78 is 54.4. The van der Waals surface area contributed by atoms with Gasteiger partial charge in [-0.2, -0.15) is 13.2 Å². The van der Waals surface area contributed by atoms with Crippen molar-refractivity contribution in [3.05, 3.63) is 81.4 Å². The lowest BCUT2D eigenvalue weighted by atomic mass is 10.1. The Morgan fingerprint density at radius 3 is 2.47 bits per heavy atom. The summed E-state index contributed by atoms with van der Waals surface area (Å²) in [6, 6.07) is 8.48. The number of alkyl halides is 3. The van der Waals surface area contributed by atoms with Crippen LogP contribution in [0.4, 0.5) is 23.2 Å². The number of carbonyl (C=O) groups is 1. The van der Waals surface area contributed by atoms with E-state index in [2.05, 4.69) is 15.6 Å². The third-order valence-corrected chi connectivity index (χ3v) is 4.15. The van der Waals surface area contributed by atoms with Crippen LogP contribution in [0.15, 0.2) is 48.5 Å². The minimum absolute atomic E-state index is 0.137. The van der Waals surface area contributed by atoms with Crippen LogP contribution in [0.3, 0.4) is 0 Å². The molecule has 1 amide bonds. The van der Waals surface area contributed by atoms with Crippen LogP contribution in [0, 0.1) is 15.9 Å². The maximum atomic E-state index is 13.6. The Kier molecular flexibility index (Phi) is 5.49.